The number of allylic oxidation sites excluding steroid dienone is 1. The van der Waals surface area contributed by atoms with Gasteiger partial charge in [-0.05, 0) is 47.3 Å². The summed E-state index contributed by atoms with van der Waals surface area (Å²) in [7, 11) is 0. The molecule has 0 amide bonds. The van der Waals surface area contributed by atoms with E-state index in [2.05, 4.69) is 0 Å². The molecule has 0 bridgehead atoms. The second-order valence-corrected chi connectivity index (χ2v) is 5.01. The summed E-state index contributed by atoms with van der Waals surface area (Å²) >= 11 is 11.5. The van der Waals surface area contributed by atoms with Gasteiger partial charge in [0.2, 0.25) is 0 Å². The van der Waals surface area contributed by atoms with Gasteiger partial charge in [-0.3, -0.25) is 4.79 Å². The van der Waals surface area contributed by atoms with E-state index in [4.69, 9.17) is 23.2 Å². The second kappa shape index (κ2) is 6.06. The first-order chi connectivity index (χ1) is 9.54. The topological polar surface area (TPSA) is 34.1 Å². The Labute approximate surface area is 126 Å². The minimum Gasteiger partial charge on any atom is -0.275 e. The van der Waals surface area contributed by atoms with Crippen molar-refractivity contribution in [2.24, 2.45) is 0 Å². The Morgan fingerprint density at radius 3 is 2.35 bits per heavy atom. The van der Waals surface area contributed by atoms with Crippen LogP contribution < -0.4 is 0 Å². The standard InChI is InChI=1S/C16H10Cl2O2/c1-10-7-13(14(9-19)16(18)20)15(17)8-12(10)11-5-3-2-4-6-11/h2-8H,1H3. The molecule has 0 radical (unpaired) electrons. The summed E-state index contributed by atoms with van der Waals surface area (Å²) in [5.41, 5.74) is 2.89. The molecule has 100 valence electrons. The quantitative estimate of drug-likeness (QED) is 0.481. The van der Waals surface area contributed by atoms with E-state index in [-0.39, 0.29) is 5.57 Å². The molecule has 0 fully saturated rings. The Hall–Kier alpha value is -1.86. The summed E-state index contributed by atoms with van der Waals surface area (Å²) in [6.07, 6.45) is 0. The van der Waals surface area contributed by atoms with Crippen molar-refractivity contribution in [3.05, 3.63) is 58.6 Å². The molecule has 0 aliphatic rings. The molecule has 2 rings (SSSR count). The van der Waals surface area contributed by atoms with E-state index in [1.54, 1.807) is 18.1 Å². The summed E-state index contributed by atoms with van der Waals surface area (Å²) in [5, 5.41) is -0.574. The maximum atomic E-state index is 11.2. The van der Waals surface area contributed by atoms with E-state index in [9.17, 15) is 9.59 Å². The molecule has 2 aromatic rings. The van der Waals surface area contributed by atoms with Crippen LogP contribution in [0.5, 0.6) is 0 Å². The van der Waals surface area contributed by atoms with Gasteiger partial charge in [0.1, 0.15) is 11.5 Å². The first-order valence-corrected chi connectivity index (χ1v) is 6.61. The lowest BCUT2D eigenvalue weighted by molar-refractivity contribution is -0.106. The van der Waals surface area contributed by atoms with Crippen LogP contribution in [0.4, 0.5) is 0 Å². The smallest absolute Gasteiger partial charge is 0.264 e. The summed E-state index contributed by atoms with van der Waals surface area (Å²) in [5.74, 6) is 1.55. The summed E-state index contributed by atoms with van der Waals surface area (Å²) < 4.78 is 0. The molecule has 0 N–H and O–H groups in total. The highest BCUT2D eigenvalue weighted by Gasteiger charge is 2.16. The predicted octanol–water partition coefficient (Wildman–Crippen LogP) is 4.30. The third kappa shape index (κ3) is 2.83. The molecule has 0 unspecified atom stereocenters. The van der Waals surface area contributed by atoms with Gasteiger partial charge < -0.3 is 0 Å². The molecule has 20 heavy (non-hydrogen) atoms. The average molecular weight is 305 g/mol. The molecule has 4 heteroatoms. The van der Waals surface area contributed by atoms with E-state index in [1.807, 2.05) is 37.3 Å². The lowest BCUT2D eigenvalue weighted by Gasteiger charge is -2.10. The molecular weight excluding hydrogens is 295 g/mol. The predicted molar refractivity (Wildman–Crippen MR) is 81.6 cm³/mol. The van der Waals surface area contributed by atoms with Crippen molar-refractivity contribution in [1.82, 2.24) is 0 Å². The number of aryl methyl sites for hydroxylation is 1. The molecule has 0 atom stereocenters. The second-order valence-electron chi connectivity index (χ2n) is 4.26. The zero-order valence-electron chi connectivity index (χ0n) is 10.6. The lowest BCUT2D eigenvalue weighted by Crippen LogP contribution is -1.97. The van der Waals surface area contributed by atoms with Gasteiger partial charge in [-0.25, -0.2) is 4.79 Å². The fourth-order valence-corrected chi connectivity index (χ4v) is 2.40. The van der Waals surface area contributed by atoms with Crippen LogP contribution in [0.3, 0.4) is 0 Å². The van der Waals surface area contributed by atoms with Crippen LogP contribution in [0.1, 0.15) is 11.1 Å². The van der Waals surface area contributed by atoms with Gasteiger partial charge in [0, 0.05) is 10.6 Å². The first-order valence-electron chi connectivity index (χ1n) is 5.85. The molecule has 0 spiro atoms. The Kier molecular flexibility index (Phi) is 4.41. The van der Waals surface area contributed by atoms with E-state index in [0.717, 1.165) is 16.7 Å². The highest BCUT2D eigenvalue weighted by atomic mass is 35.5. The summed E-state index contributed by atoms with van der Waals surface area (Å²) in [6, 6.07) is 13.1. The SMILES string of the molecule is Cc1cc(C(=C=O)C(=O)Cl)c(Cl)cc1-c1ccccc1. The molecule has 2 nitrogen and oxygen atoms in total. The maximum absolute atomic E-state index is 11.2. The molecule has 2 aromatic carbocycles. The van der Waals surface area contributed by atoms with Gasteiger partial charge in [-0.1, -0.05) is 41.9 Å². The van der Waals surface area contributed by atoms with Crippen molar-refractivity contribution < 1.29 is 9.59 Å². The number of carbonyl (C=O) groups excluding carboxylic acids is 2. The van der Waals surface area contributed by atoms with Crippen molar-refractivity contribution in [2.45, 2.75) is 6.92 Å². The van der Waals surface area contributed by atoms with Crippen LogP contribution >= 0.6 is 23.2 Å². The van der Waals surface area contributed by atoms with Gasteiger partial charge in [0.25, 0.3) is 5.24 Å². The number of benzene rings is 2. The third-order valence-corrected chi connectivity index (χ3v) is 3.47. The number of rotatable bonds is 3. The summed E-state index contributed by atoms with van der Waals surface area (Å²) in [6.45, 7) is 1.88. The Morgan fingerprint density at radius 2 is 1.80 bits per heavy atom. The highest BCUT2D eigenvalue weighted by Crippen LogP contribution is 2.32. The minimum atomic E-state index is -0.867. The van der Waals surface area contributed by atoms with Crippen LogP contribution in [0.25, 0.3) is 16.7 Å². The van der Waals surface area contributed by atoms with Crippen molar-refractivity contribution in [3.8, 4) is 11.1 Å². The van der Waals surface area contributed by atoms with Crippen LogP contribution in [0, 0.1) is 6.92 Å². The molecular formula is C16H10Cl2O2. The molecule has 0 aromatic heterocycles. The Balaban J connectivity index is 2.61. The van der Waals surface area contributed by atoms with Gasteiger partial charge in [0.15, 0.2) is 0 Å². The zero-order valence-corrected chi connectivity index (χ0v) is 12.1. The number of carbonyl (C=O) groups is 1. The largest absolute Gasteiger partial charge is 0.275 e. The van der Waals surface area contributed by atoms with Gasteiger partial charge >= 0.3 is 0 Å². The van der Waals surface area contributed by atoms with Crippen LogP contribution in [-0.4, -0.2) is 11.2 Å². The van der Waals surface area contributed by atoms with Crippen molar-refractivity contribution in [3.63, 3.8) is 0 Å². The van der Waals surface area contributed by atoms with Gasteiger partial charge in [-0.2, -0.15) is 0 Å². The van der Waals surface area contributed by atoms with Crippen LogP contribution in [-0.2, 0) is 9.59 Å². The fourth-order valence-electron chi connectivity index (χ4n) is 2.00. The lowest BCUT2D eigenvalue weighted by atomic mass is 9.96. The van der Waals surface area contributed by atoms with E-state index in [1.165, 1.54) is 0 Å². The van der Waals surface area contributed by atoms with E-state index in [0.29, 0.717) is 10.6 Å². The molecule has 0 heterocycles. The first kappa shape index (κ1) is 14.5. The van der Waals surface area contributed by atoms with E-state index < -0.39 is 5.24 Å². The summed E-state index contributed by atoms with van der Waals surface area (Å²) in [4.78, 5) is 22.0. The van der Waals surface area contributed by atoms with Crippen molar-refractivity contribution in [1.29, 1.82) is 0 Å². The van der Waals surface area contributed by atoms with Crippen molar-refractivity contribution in [2.75, 3.05) is 0 Å². The number of halogens is 2. The minimum absolute atomic E-state index is 0.251. The molecule has 0 aliphatic carbocycles. The zero-order chi connectivity index (χ0) is 14.7. The van der Waals surface area contributed by atoms with Crippen LogP contribution in [0.2, 0.25) is 5.02 Å². The van der Waals surface area contributed by atoms with Gasteiger partial charge in [0.05, 0.1) is 0 Å². The Bertz CT molecular complexity index is 715. The maximum Gasteiger partial charge on any atom is 0.264 e. The van der Waals surface area contributed by atoms with Crippen LogP contribution in [0.15, 0.2) is 42.5 Å². The Morgan fingerprint density at radius 1 is 1.15 bits per heavy atom. The molecule has 0 saturated carbocycles. The highest BCUT2D eigenvalue weighted by molar-refractivity contribution is 6.76. The number of hydrogen-bond donors (Lipinski definition) is 0. The third-order valence-electron chi connectivity index (χ3n) is 2.97. The monoisotopic (exact) mass is 304 g/mol. The normalized spacial score (nSPS) is 9.95. The molecule has 0 saturated heterocycles. The average Bonchev–Trinajstić information content (AvgIpc) is 2.43. The van der Waals surface area contributed by atoms with Gasteiger partial charge in [-0.15, -0.1) is 0 Å². The number of hydrogen-bond acceptors (Lipinski definition) is 2. The van der Waals surface area contributed by atoms with E-state index >= 15 is 0 Å². The van der Waals surface area contributed by atoms with Crippen molar-refractivity contribution >= 4 is 40.0 Å². The fraction of sp³-hybridized carbons (Fsp3) is 0.0625. The molecule has 0 aliphatic heterocycles.